The normalized spacial score (nSPS) is 18.0. The highest BCUT2D eigenvalue weighted by Crippen LogP contribution is 2.26. The minimum absolute atomic E-state index is 0.0659. The second-order valence-corrected chi connectivity index (χ2v) is 4.38. The summed E-state index contributed by atoms with van der Waals surface area (Å²) in [5.74, 6) is -1.26. The van der Waals surface area contributed by atoms with Crippen LogP contribution in [0.5, 0.6) is 0 Å². The summed E-state index contributed by atoms with van der Waals surface area (Å²) >= 11 is 0. The Hall–Kier alpha value is -2.44. The summed E-state index contributed by atoms with van der Waals surface area (Å²) in [4.78, 5) is 40.8. The Bertz CT molecular complexity index is 558. The van der Waals surface area contributed by atoms with Crippen LogP contribution in [0.25, 0.3) is 0 Å². The molecule has 2 amide bonds. The maximum absolute atomic E-state index is 12.0. The summed E-state index contributed by atoms with van der Waals surface area (Å²) in [5, 5.41) is 2.50. The molecule has 20 heavy (non-hydrogen) atoms. The summed E-state index contributed by atoms with van der Waals surface area (Å²) in [6.07, 6.45) is 1.57. The third-order valence-corrected chi connectivity index (χ3v) is 3.17. The Morgan fingerprint density at radius 3 is 2.90 bits per heavy atom. The lowest BCUT2D eigenvalue weighted by Gasteiger charge is -2.17. The van der Waals surface area contributed by atoms with Gasteiger partial charge in [0.05, 0.1) is 18.6 Å². The first-order valence-electron chi connectivity index (χ1n) is 6.13. The average Bonchev–Trinajstić information content (AvgIpc) is 2.87. The number of esters is 1. The first-order valence-corrected chi connectivity index (χ1v) is 6.13. The number of nitrogens with zero attached hydrogens (tertiary/aromatic N) is 2. The average molecular weight is 277 g/mol. The second-order valence-electron chi connectivity index (χ2n) is 4.38. The lowest BCUT2D eigenvalue weighted by molar-refractivity contribution is -0.145. The number of rotatable bonds is 3. The fourth-order valence-corrected chi connectivity index (χ4v) is 2.16. The standard InChI is InChI=1S/C13H15N3O4/c1-14-12(18)9-4-3-5-15-11(9)16-7-8(6-10(16)17)13(19)20-2/h3-5,8H,6-7H2,1-2H3,(H,14,18). The number of nitrogens with one attached hydrogen (secondary N) is 1. The molecule has 0 bridgehead atoms. The molecule has 0 aromatic carbocycles. The topological polar surface area (TPSA) is 88.6 Å². The van der Waals surface area contributed by atoms with Gasteiger partial charge in [0.2, 0.25) is 5.91 Å². The SMILES string of the molecule is CNC(=O)c1cccnc1N1CC(C(=O)OC)CC1=O. The van der Waals surface area contributed by atoms with Gasteiger partial charge in [-0.25, -0.2) is 4.98 Å². The van der Waals surface area contributed by atoms with Gasteiger partial charge in [0.25, 0.3) is 5.91 Å². The molecule has 0 radical (unpaired) electrons. The Morgan fingerprint density at radius 2 is 2.25 bits per heavy atom. The van der Waals surface area contributed by atoms with Crippen LogP contribution in [0.3, 0.4) is 0 Å². The van der Waals surface area contributed by atoms with Crippen molar-refractivity contribution in [3.63, 3.8) is 0 Å². The zero-order chi connectivity index (χ0) is 14.7. The molecule has 1 aromatic rings. The zero-order valence-corrected chi connectivity index (χ0v) is 11.3. The Balaban J connectivity index is 2.31. The molecule has 7 heteroatoms. The van der Waals surface area contributed by atoms with Gasteiger partial charge >= 0.3 is 5.97 Å². The number of methoxy groups -OCH3 is 1. The van der Waals surface area contributed by atoms with Gasteiger partial charge in [-0.15, -0.1) is 0 Å². The fourth-order valence-electron chi connectivity index (χ4n) is 2.16. The molecule has 1 fully saturated rings. The van der Waals surface area contributed by atoms with Crippen molar-refractivity contribution in [2.75, 3.05) is 25.6 Å². The van der Waals surface area contributed by atoms with Crippen molar-refractivity contribution in [2.45, 2.75) is 6.42 Å². The van der Waals surface area contributed by atoms with Crippen LogP contribution in [0.15, 0.2) is 18.3 Å². The summed E-state index contributed by atoms with van der Waals surface area (Å²) in [6, 6.07) is 3.20. The van der Waals surface area contributed by atoms with Crippen molar-refractivity contribution in [1.82, 2.24) is 10.3 Å². The fraction of sp³-hybridized carbons (Fsp3) is 0.385. The van der Waals surface area contributed by atoms with Gasteiger partial charge in [0.1, 0.15) is 5.82 Å². The van der Waals surface area contributed by atoms with Gasteiger partial charge in [0, 0.05) is 26.2 Å². The number of carbonyl (C=O) groups is 3. The van der Waals surface area contributed by atoms with Crippen LogP contribution < -0.4 is 10.2 Å². The number of anilines is 1. The third-order valence-electron chi connectivity index (χ3n) is 3.17. The molecule has 106 valence electrons. The highest BCUT2D eigenvalue weighted by molar-refractivity contribution is 6.05. The summed E-state index contributed by atoms with van der Waals surface area (Å²) in [5.41, 5.74) is 0.300. The van der Waals surface area contributed by atoms with Crippen LogP contribution in [0.4, 0.5) is 5.82 Å². The molecule has 1 aliphatic rings. The van der Waals surface area contributed by atoms with Crippen LogP contribution in [0.1, 0.15) is 16.8 Å². The first kappa shape index (κ1) is 14.0. The Labute approximate surface area is 115 Å². The molecule has 1 saturated heterocycles. The minimum Gasteiger partial charge on any atom is -0.469 e. The lowest BCUT2D eigenvalue weighted by atomic mass is 10.1. The minimum atomic E-state index is -0.521. The number of amides is 2. The molecule has 0 aliphatic carbocycles. The van der Waals surface area contributed by atoms with E-state index in [1.54, 1.807) is 12.1 Å². The highest BCUT2D eigenvalue weighted by atomic mass is 16.5. The van der Waals surface area contributed by atoms with Crippen molar-refractivity contribution in [3.8, 4) is 0 Å². The Morgan fingerprint density at radius 1 is 1.50 bits per heavy atom. The molecular formula is C13H15N3O4. The molecule has 2 heterocycles. The monoisotopic (exact) mass is 277 g/mol. The van der Waals surface area contributed by atoms with E-state index in [0.717, 1.165) is 0 Å². The number of aromatic nitrogens is 1. The van der Waals surface area contributed by atoms with Crippen molar-refractivity contribution < 1.29 is 19.1 Å². The van der Waals surface area contributed by atoms with E-state index in [4.69, 9.17) is 0 Å². The maximum Gasteiger partial charge on any atom is 0.311 e. The van der Waals surface area contributed by atoms with Gasteiger partial charge in [-0.05, 0) is 12.1 Å². The summed E-state index contributed by atoms with van der Waals surface area (Å²) < 4.78 is 4.65. The van der Waals surface area contributed by atoms with Crippen LogP contribution in [0.2, 0.25) is 0 Å². The predicted octanol–water partition coefficient (Wildman–Crippen LogP) is -0.0329. The second kappa shape index (κ2) is 5.68. The lowest BCUT2D eigenvalue weighted by Crippen LogP contribution is -2.30. The summed E-state index contributed by atoms with van der Waals surface area (Å²) in [6.45, 7) is 0.173. The molecule has 1 unspecified atom stereocenters. The number of hydrogen-bond donors (Lipinski definition) is 1. The molecule has 1 N–H and O–H groups in total. The van der Waals surface area contributed by atoms with E-state index in [0.29, 0.717) is 5.56 Å². The number of ether oxygens (including phenoxy) is 1. The van der Waals surface area contributed by atoms with E-state index >= 15 is 0 Å². The highest BCUT2D eigenvalue weighted by Gasteiger charge is 2.37. The van der Waals surface area contributed by atoms with Crippen LogP contribution in [0, 0.1) is 5.92 Å². The van der Waals surface area contributed by atoms with Gasteiger partial charge < -0.3 is 10.1 Å². The van der Waals surface area contributed by atoms with Crippen LogP contribution in [-0.4, -0.2) is 43.5 Å². The predicted molar refractivity (Wildman–Crippen MR) is 70.1 cm³/mol. The molecule has 7 nitrogen and oxygen atoms in total. The quantitative estimate of drug-likeness (QED) is 0.784. The van der Waals surface area contributed by atoms with Crippen LogP contribution in [-0.2, 0) is 14.3 Å². The van der Waals surface area contributed by atoms with E-state index in [1.807, 2.05) is 0 Å². The number of pyridine rings is 1. The van der Waals surface area contributed by atoms with Gasteiger partial charge in [0.15, 0.2) is 0 Å². The van der Waals surface area contributed by atoms with Gasteiger partial charge in [-0.3, -0.25) is 19.3 Å². The van der Waals surface area contributed by atoms with Crippen molar-refractivity contribution in [1.29, 1.82) is 0 Å². The van der Waals surface area contributed by atoms with Crippen LogP contribution >= 0.6 is 0 Å². The number of hydrogen-bond acceptors (Lipinski definition) is 5. The van der Waals surface area contributed by atoms with E-state index in [9.17, 15) is 14.4 Å². The van der Waals surface area contributed by atoms with E-state index in [-0.39, 0.29) is 30.6 Å². The van der Waals surface area contributed by atoms with Gasteiger partial charge in [-0.1, -0.05) is 0 Å². The third kappa shape index (κ3) is 2.47. The molecule has 1 aromatic heterocycles. The van der Waals surface area contributed by atoms with E-state index in [1.165, 1.54) is 25.3 Å². The van der Waals surface area contributed by atoms with Gasteiger partial charge in [-0.2, -0.15) is 0 Å². The smallest absolute Gasteiger partial charge is 0.311 e. The van der Waals surface area contributed by atoms with Crippen molar-refractivity contribution >= 4 is 23.6 Å². The van der Waals surface area contributed by atoms with Crippen molar-refractivity contribution in [3.05, 3.63) is 23.9 Å². The largest absolute Gasteiger partial charge is 0.469 e. The Kier molecular flexibility index (Phi) is 3.97. The van der Waals surface area contributed by atoms with Crippen molar-refractivity contribution in [2.24, 2.45) is 5.92 Å². The zero-order valence-electron chi connectivity index (χ0n) is 11.3. The summed E-state index contributed by atoms with van der Waals surface area (Å²) in [7, 11) is 2.79. The molecule has 2 rings (SSSR count). The molecular weight excluding hydrogens is 262 g/mol. The maximum atomic E-state index is 12.0. The molecule has 0 saturated carbocycles. The van der Waals surface area contributed by atoms with E-state index in [2.05, 4.69) is 15.0 Å². The molecule has 1 aliphatic heterocycles. The molecule has 1 atom stereocenters. The number of carbonyl (C=O) groups excluding carboxylic acids is 3. The molecule has 0 spiro atoms. The van der Waals surface area contributed by atoms with E-state index < -0.39 is 11.9 Å². The first-order chi connectivity index (χ1) is 9.58.